The summed E-state index contributed by atoms with van der Waals surface area (Å²) in [5.74, 6) is 0.00319. The second-order valence-corrected chi connectivity index (χ2v) is 1.64. The van der Waals surface area contributed by atoms with Gasteiger partial charge in [0.15, 0.2) is 5.78 Å². The molecule has 0 fully saturated rings. The van der Waals surface area contributed by atoms with Crippen molar-refractivity contribution in [3.8, 4) is 0 Å². The van der Waals surface area contributed by atoms with Crippen LogP contribution < -0.4 is 11.1 Å². The molecule has 0 saturated carbocycles. The molecule has 0 aliphatic heterocycles. The first-order valence-corrected chi connectivity index (χ1v) is 2.87. The first kappa shape index (κ1) is 8.33. The van der Waals surface area contributed by atoms with E-state index in [0.717, 1.165) is 0 Å². The van der Waals surface area contributed by atoms with Crippen molar-refractivity contribution >= 4 is 5.78 Å². The molecule has 3 heteroatoms. The summed E-state index contributed by atoms with van der Waals surface area (Å²) in [5, 5.41) is 2.84. The van der Waals surface area contributed by atoms with E-state index in [0.29, 0.717) is 19.6 Å². The van der Waals surface area contributed by atoms with Gasteiger partial charge in [-0.25, -0.2) is 0 Å². The predicted molar refractivity (Wildman–Crippen MR) is 37.1 cm³/mol. The quantitative estimate of drug-likeness (QED) is 0.380. The summed E-state index contributed by atoms with van der Waals surface area (Å²) in [6, 6.07) is 0. The molecule has 0 bridgehead atoms. The zero-order valence-electron chi connectivity index (χ0n) is 5.39. The number of carbonyl (C=O) groups excluding carboxylic acids is 1. The van der Waals surface area contributed by atoms with Crippen molar-refractivity contribution < 1.29 is 4.79 Å². The second kappa shape index (κ2) is 5.47. The van der Waals surface area contributed by atoms with Crippen LogP contribution in [0.4, 0.5) is 0 Å². The molecule has 0 spiro atoms. The normalized spacial score (nSPS) is 9.00. The van der Waals surface area contributed by atoms with Crippen molar-refractivity contribution in [2.45, 2.75) is 0 Å². The van der Waals surface area contributed by atoms with Gasteiger partial charge in [0, 0.05) is 13.1 Å². The van der Waals surface area contributed by atoms with Gasteiger partial charge >= 0.3 is 0 Å². The van der Waals surface area contributed by atoms with Crippen LogP contribution in [0.2, 0.25) is 0 Å². The third kappa shape index (κ3) is 5.20. The topological polar surface area (TPSA) is 55.1 Å². The van der Waals surface area contributed by atoms with E-state index in [1.54, 1.807) is 0 Å². The molecule has 0 unspecified atom stereocenters. The molecular weight excluding hydrogens is 116 g/mol. The van der Waals surface area contributed by atoms with Gasteiger partial charge in [-0.15, -0.1) is 0 Å². The molecule has 0 rings (SSSR count). The van der Waals surface area contributed by atoms with Gasteiger partial charge in [-0.3, -0.25) is 4.79 Å². The predicted octanol–water partition coefficient (Wildman–Crippen LogP) is -0.710. The van der Waals surface area contributed by atoms with E-state index in [2.05, 4.69) is 11.9 Å². The standard InChI is InChI=1S/C6H12N2O/c1-2-6(9)5-8-4-3-7/h2,8H,1,3-5,7H2. The lowest BCUT2D eigenvalue weighted by atomic mass is 10.4. The molecule has 0 aromatic carbocycles. The zero-order chi connectivity index (χ0) is 7.11. The summed E-state index contributed by atoms with van der Waals surface area (Å²) < 4.78 is 0. The minimum atomic E-state index is 0.00319. The maximum absolute atomic E-state index is 10.5. The van der Waals surface area contributed by atoms with E-state index in [4.69, 9.17) is 5.73 Å². The molecule has 0 aliphatic carbocycles. The molecule has 0 aliphatic rings. The number of nitrogens with one attached hydrogen (secondary N) is 1. The van der Waals surface area contributed by atoms with Gasteiger partial charge in [-0.05, 0) is 6.08 Å². The van der Waals surface area contributed by atoms with Gasteiger partial charge in [0.1, 0.15) is 0 Å². The van der Waals surface area contributed by atoms with Crippen molar-refractivity contribution in [3.63, 3.8) is 0 Å². The fourth-order valence-corrected chi connectivity index (χ4v) is 0.386. The Morgan fingerprint density at radius 3 is 2.89 bits per heavy atom. The fraction of sp³-hybridized carbons (Fsp3) is 0.500. The number of ketones is 1. The maximum Gasteiger partial charge on any atom is 0.168 e. The van der Waals surface area contributed by atoms with Crippen molar-refractivity contribution in [1.82, 2.24) is 5.32 Å². The summed E-state index contributed by atoms with van der Waals surface area (Å²) in [6.07, 6.45) is 1.30. The highest BCUT2D eigenvalue weighted by atomic mass is 16.1. The molecule has 0 aromatic heterocycles. The lowest BCUT2D eigenvalue weighted by Crippen LogP contribution is -2.27. The van der Waals surface area contributed by atoms with Crippen molar-refractivity contribution in [2.75, 3.05) is 19.6 Å². The van der Waals surface area contributed by atoms with Crippen molar-refractivity contribution in [1.29, 1.82) is 0 Å². The monoisotopic (exact) mass is 128 g/mol. The molecule has 0 radical (unpaired) electrons. The number of hydrogen-bond acceptors (Lipinski definition) is 3. The van der Waals surface area contributed by atoms with Gasteiger partial charge in [0.25, 0.3) is 0 Å². The van der Waals surface area contributed by atoms with Crippen LogP contribution in [0.15, 0.2) is 12.7 Å². The molecule has 9 heavy (non-hydrogen) atoms. The van der Waals surface area contributed by atoms with Gasteiger partial charge < -0.3 is 11.1 Å². The third-order valence-electron chi connectivity index (χ3n) is 0.848. The average molecular weight is 128 g/mol. The lowest BCUT2D eigenvalue weighted by Gasteiger charge is -1.96. The summed E-state index contributed by atoms with van der Waals surface area (Å²) in [6.45, 7) is 4.91. The zero-order valence-corrected chi connectivity index (χ0v) is 5.39. The highest BCUT2D eigenvalue weighted by Crippen LogP contribution is 1.67. The van der Waals surface area contributed by atoms with Crippen LogP contribution in [0, 0.1) is 0 Å². The van der Waals surface area contributed by atoms with E-state index in [-0.39, 0.29) is 5.78 Å². The Morgan fingerprint density at radius 1 is 1.78 bits per heavy atom. The van der Waals surface area contributed by atoms with Gasteiger partial charge in [-0.1, -0.05) is 6.58 Å². The Kier molecular flexibility index (Phi) is 5.06. The summed E-state index contributed by atoms with van der Waals surface area (Å²) in [5.41, 5.74) is 5.16. The van der Waals surface area contributed by atoms with Crippen LogP contribution in [-0.2, 0) is 4.79 Å². The number of rotatable bonds is 5. The molecule has 0 saturated heterocycles. The Bertz CT molecular complexity index is 101. The number of nitrogens with two attached hydrogens (primary N) is 1. The first-order chi connectivity index (χ1) is 4.31. The molecule has 3 N–H and O–H groups in total. The van der Waals surface area contributed by atoms with Gasteiger partial charge in [0.05, 0.1) is 6.54 Å². The van der Waals surface area contributed by atoms with E-state index < -0.39 is 0 Å². The Balaban J connectivity index is 3.07. The SMILES string of the molecule is C=CC(=O)CNCCN. The molecule has 0 heterocycles. The highest BCUT2D eigenvalue weighted by molar-refractivity contribution is 5.90. The Morgan fingerprint density at radius 2 is 2.44 bits per heavy atom. The van der Waals surface area contributed by atoms with Crippen LogP contribution in [-0.4, -0.2) is 25.4 Å². The van der Waals surface area contributed by atoms with E-state index >= 15 is 0 Å². The van der Waals surface area contributed by atoms with Crippen LogP contribution in [0.5, 0.6) is 0 Å². The van der Waals surface area contributed by atoms with Crippen LogP contribution in [0.1, 0.15) is 0 Å². The van der Waals surface area contributed by atoms with E-state index in [1.165, 1.54) is 6.08 Å². The summed E-state index contributed by atoms with van der Waals surface area (Å²) in [7, 11) is 0. The second-order valence-electron chi connectivity index (χ2n) is 1.64. The Hall–Kier alpha value is -0.670. The minimum absolute atomic E-state index is 0.00319. The first-order valence-electron chi connectivity index (χ1n) is 2.87. The molecule has 0 amide bonds. The molecule has 52 valence electrons. The maximum atomic E-state index is 10.5. The smallest absolute Gasteiger partial charge is 0.168 e. The Labute approximate surface area is 54.9 Å². The molecule has 0 atom stereocenters. The van der Waals surface area contributed by atoms with Crippen molar-refractivity contribution in [2.24, 2.45) is 5.73 Å². The van der Waals surface area contributed by atoms with Gasteiger partial charge in [0.2, 0.25) is 0 Å². The fourth-order valence-electron chi connectivity index (χ4n) is 0.386. The molecule has 0 aromatic rings. The largest absolute Gasteiger partial charge is 0.329 e. The van der Waals surface area contributed by atoms with Crippen LogP contribution >= 0.6 is 0 Å². The third-order valence-corrected chi connectivity index (χ3v) is 0.848. The summed E-state index contributed by atoms with van der Waals surface area (Å²) >= 11 is 0. The van der Waals surface area contributed by atoms with Crippen molar-refractivity contribution in [3.05, 3.63) is 12.7 Å². The molecule has 3 nitrogen and oxygen atoms in total. The van der Waals surface area contributed by atoms with Crippen LogP contribution in [0.3, 0.4) is 0 Å². The van der Waals surface area contributed by atoms with E-state index in [9.17, 15) is 4.79 Å². The minimum Gasteiger partial charge on any atom is -0.329 e. The van der Waals surface area contributed by atoms with Crippen LogP contribution in [0.25, 0.3) is 0 Å². The van der Waals surface area contributed by atoms with E-state index in [1.807, 2.05) is 0 Å². The van der Waals surface area contributed by atoms with Gasteiger partial charge in [-0.2, -0.15) is 0 Å². The highest BCUT2D eigenvalue weighted by Gasteiger charge is 1.90. The average Bonchev–Trinajstić information content (AvgIpc) is 1.89. The molecular formula is C6H12N2O. The number of hydrogen-bond donors (Lipinski definition) is 2. The number of carbonyl (C=O) groups is 1. The summed E-state index contributed by atoms with van der Waals surface area (Å²) in [4.78, 5) is 10.5. The lowest BCUT2D eigenvalue weighted by molar-refractivity contribution is -0.113.